The van der Waals surface area contributed by atoms with Crippen LogP contribution >= 0.6 is 0 Å². The van der Waals surface area contributed by atoms with Gasteiger partial charge in [-0.05, 0) is 56.4 Å². The van der Waals surface area contributed by atoms with Gasteiger partial charge in [0.1, 0.15) is 11.5 Å². The molecule has 0 spiro atoms. The van der Waals surface area contributed by atoms with Crippen molar-refractivity contribution in [2.45, 2.75) is 51.0 Å². The van der Waals surface area contributed by atoms with Crippen LogP contribution in [0.5, 0.6) is 0 Å². The lowest BCUT2D eigenvalue weighted by molar-refractivity contribution is 0.0699. The van der Waals surface area contributed by atoms with Crippen molar-refractivity contribution in [3.63, 3.8) is 0 Å². The molecule has 0 aromatic heterocycles. The van der Waals surface area contributed by atoms with Crippen molar-refractivity contribution in [2.24, 2.45) is 20.9 Å². The van der Waals surface area contributed by atoms with Crippen LogP contribution < -0.4 is 11.2 Å². The number of aliphatic imine (C=N–C) groups is 2. The number of ether oxygens (including phenoxy) is 1. The van der Waals surface area contributed by atoms with Crippen molar-refractivity contribution in [3.8, 4) is 0 Å². The van der Waals surface area contributed by atoms with Gasteiger partial charge in [0.15, 0.2) is 0 Å². The molecule has 1 fully saturated rings. The minimum Gasteiger partial charge on any atom is -0.386 e. The third-order valence-electron chi connectivity index (χ3n) is 4.88. The lowest BCUT2D eigenvalue weighted by Crippen LogP contribution is -2.35. The Balaban J connectivity index is 1.55. The number of nitrogens with one attached hydrogen (secondary N) is 1. The quantitative estimate of drug-likeness (QED) is 0.380. The molecule has 1 aromatic rings. The van der Waals surface area contributed by atoms with Crippen LogP contribution in [0.25, 0.3) is 0 Å². The number of halogens is 1. The van der Waals surface area contributed by atoms with Gasteiger partial charge in [-0.1, -0.05) is 6.42 Å². The summed E-state index contributed by atoms with van der Waals surface area (Å²) in [6.07, 6.45) is 7.30. The van der Waals surface area contributed by atoms with Crippen molar-refractivity contribution < 1.29 is 14.2 Å². The van der Waals surface area contributed by atoms with E-state index in [1.807, 2.05) is 0 Å². The van der Waals surface area contributed by atoms with Crippen LogP contribution in [0, 0.1) is 5.82 Å². The molecule has 0 amide bonds. The second-order valence-corrected chi connectivity index (χ2v) is 7.48. The summed E-state index contributed by atoms with van der Waals surface area (Å²) in [5.41, 5.74) is 1.46. The predicted molar refractivity (Wildman–Crippen MR) is 109 cm³/mol. The molecule has 7 nitrogen and oxygen atoms in total. The van der Waals surface area contributed by atoms with Gasteiger partial charge in [0.05, 0.1) is 24.1 Å². The smallest absolute Gasteiger partial charge is 0.225 e. The first-order valence-corrected chi connectivity index (χ1v) is 9.31. The van der Waals surface area contributed by atoms with E-state index in [0.29, 0.717) is 22.9 Å². The van der Waals surface area contributed by atoms with E-state index in [9.17, 15) is 9.50 Å². The number of benzene rings is 1. The number of hydrogen-bond donors (Lipinski definition) is 3. The van der Waals surface area contributed by atoms with Gasteiger partial charge in [-0.2, -0.15) is 5.10 Å². The summed E-state index contributed by atoms with van der Waals surface area (Å²) in [5, 5.41) is 16.6. The topological polar surface area (TPSA) is 105 Å². The van der Waals surface area contributed by atoms with E-state index in [1.54, 1.807) is 38.4 Å². The average Bonchev–Trinajstić information content (AvgIpc) is 2.62. The molecule has 0 saturated heterocycles. The molecule has 1 unspecified atom stereocenters. The van der Waals surface area contributed by atoms with Crippen molar-refractivity contribution >= 4 is 23.8 Å². The third kappa shape index (κ3) is 5.02. The number of rotatable bonds is 7. The zero-order chi connectivity index (χ0) is 20.1. The summed E-state index contributed by atoms with van der Waals surface area (Å²) in [6, 6.07) is 4.85. The second-order valence-electron chi connectivity index (χ2n) is 7.48. The van der Waals surface area contributed by atoms with Gasteiger partial charge in [-0.15, -0.1) is 0 Å². The van der Waals surface area contributed by atoms with Crippen LogP contribution in [-0.2, 0) is 4.74 Å². The molecule has 1 heterocycles. The molecule has 8 heteroatoms. The molecule has 1 aromatic carbocycles. The minimum atomic E-state index is -0.981. The molecule has 3 rings (SSSR count). The van der Waals surface area contributed by atoms with Gasteiger partial charge >= 0.3 is 0 Å². The van der Waals surface area contributed by atoms with E-state index < -0.39 is 12.0 Å². The van der Waals surface area contributed by atoms with E-state index in [0.717, 1.165) is 24.8 Å². The average molecular weight is 387 g/mol. The second kappa shape index (κ2) is 8.62. The first-order valence-electron chi connectivity index (χ1n) is 9.31. The summed E-state index contributed by atoms with van der Waals surface area (Å²) >= 11 is 0. The highest BCUT2D eigenvalue weighted by atomic mass is 19.1. The van der Waals surface area contributed by atoms with E-state index in [-0.39, 0.29) is 12.4 Å². The Morgan fingerprint density at radius 2 is 2.25 bits per heavy atom. The van der Waals surface area contributed by atoms with Crippen molar-refractivity contribution in [2.75, 3.05) is 6.61 Å². The summed E-state index contributed by atoms with van der Waals surface area (Å²) in [6.45, 7) is 3.45. The molecule has 1 aliphatic carbocycles. The summed E-state index contributed by atoms with van der Waals surface area (Å²) in [7, 11) is 0. The van der Waals surface area contributed by atoms with E-state index in [2.05, 4.69) is 20.4 Å². The standard InChI is InChI=1S/C20H26FN5O2/c1-20(2,27)14-9-24-19(25-10-14)28-12-16(26-22)11-23-15-6-7-18(21)17(8-15)13-4-3-5-13/h6-11,13,19,24,27H,3-5,12,22H2,1-2H3. The largest absolute Gasteiger partial charge is 0.386 e. The molecule has 0 radical (unpaired) electrons. The van der Waals surface area contributed by atoms with Gasteiger partial charge in [-0.25, -0.2) is 9.38 Å². The maximum Gasteiger partial charge on any atom is 0.225 e. The van der Waals surface area contributed by atoms with Crippen LogP contribution in [0.15, 0.2) is 45.1 Å². The fourth-order valence-electron chi connectivity index (χ4n) is 2.88. The van der Waals surface area contributed by atoms with Crippen molar-refractivity contribution in [1.82, 2.24) is 5.32 Å². The minimum absolute atomic E-state index is 0.0946. The van der Waals surface area contributed by atoms with Crippen LogP contribution in [0.1, 0.15) is 44.6 Å². The molecule has 1 atom stereocenters. The van der Waals surface area contributed by atoms with Crippen LogP contribution in [0.3, 0.4) is 0 Å². The Bertz CT molecular complexity index is 822. The van der Waals surface area contributed by atoms with Crippen LogP contribution in [-0.4, -0.2) is 41.8 Å². The first-order chi connectivity index (χ1) is 13.4. The molecule has 2 aliphatic rings. The highest BCUT2D eigenvalue weighted by molar-refractivity contribution is 6.31. The van der Waals surface area contributed by atoms with E-state index >= 15 is 0 Å². The van der Waals surface area contributed by atoms with E-state index in [4.69, 9.17) is 10.6 Å². The molecular weight excluding hydrogens is 361 g/mol. The Labute approximate surface area is 163 Å². The number of nitrogens with zero attached hydrogens (tertiary/aromatic N) is 3. The predicted octanol–water partition coefficient (Wildman–Crippen LogP) is 2.74. The highest BCUT2D eigenvalue weighted by Gasteiger charge is 2.23. The lowest BCUT2D eigenvalue weighted by Gasteiger charge is -2.26. The molecule has 1 saturated carbocycles. The summed E-state index contributed by atoms with van der Waals surface area (Å²) in [5.74, 6) is 5.53. The number of nitrogens with two attached hydrogens (primary N) is 1. The lowest BCUT2D eigenvalue weighted by atomic mass is 9.80. The molecule has 4 N–H and O–H groups in total. The van der Waals surface area contributed by atoms with Crippen LogP contribution in [0.4, 0.5) is 10.1 Å². The Morgan fingerprint density at radius 3 is 2.82 bits per heavy atom. The maximum absolute atomic E-state index is 14.0. The zero-order valence-electron chi connectivity index (χ0n) is 16.1. The summed E-state index contributed by atoms with van der Waals surface area (Å²) in [4.78, 5) is 8.53. The fourth-order valence-corrected chi connectivity index (χ4v) is 2.88. The summed E-state index contributed by atoms with van der Waals surface area (Å²) < 4.78 is 19.6. The van der Waals surface area contributed by atoms with Crippen molar-refractivity contribution in [3.05, 3.63) is 41.4 Å². The highest BCUT2D eigenvalue weighted by Crippen LogP contribution is 2.38. The van der Waals surface area contributed by atoms with Crippen LogP contribution in [0.2, 0.25) is 0 Å². The van der Waals surface area contributed by atoms with Crippen molar-refractivity contribution in [1.29, 1.82) is 0 Å². The van der Waals surface area contributed by atoms with Gasteiger partial charge in [0, 0.05) is 18.0 Å². The first kappa shape index (κ1) is 20.2. The number of hydrogen-bond acceptors (Lipinski definition) is 7. The van der Waals surface area contributed by atoms with Gasteiger partial charge < -0.3 is 21.0 Å². The molecule has 28 heavy (non-hydrogen) atoms. The molecule has 150 valence electrons. The van der Waals surface area contributed by atoms with Gasteiger partial charge in [-0.3, -0.25) is 4.99 Å². The monoisotopic (exact) mass is 387 g/mol. The Kier molecular flexibility index (Phi) is 6.21. The Morgan fingerprint density at radius 1 is 1.46 bits per heavy atom. The third-order valence-corrected chi connectivity index (χ3v) is 4.88. The van der Waals surface area contributed by atoms with Gasteiger partial charge in [0.2, 0.25) is 6.35 Å². The normalized spacial score (nSPS) is 20.8. The zero-order valence-corrected chi connectivity index (χ0v) is 16.1. The molecular formula is C20H26FN5O2. The number of aliphatic hydroxyl groups is 1. The molecule has 0 bridgehead atoms. The fraction of sp³-hybridized carbons (Fsp3) is 0.450. The molecule has 1 aliphatic heterocycles. The number of hydrazone groups is 1. The maximum atomic E-state index is 14.0. The Hall–Kier alpha value is -2.58. The SMILES string of the molecule is CC(C)(O)C1=CNC(OCC(C=Nc2ccc(F)c(C3CCC3)c2)=NN)N=C1. The van der Waals surface area contributed by atoms with Gasteiger partial charge in [0.25, 0.3) is 0 Å². The van der Waals surface area contributed by atoms with E-state index in [1.165, 1.54) is 12.3 Å².